The fraction of sp³-hybridized carbons (Fsp3) is 0.273. The maximum Gasteiger partial charge on any atom is 0.121 e. The van der Waals surface area contributed by atoms with Crippen molar-refractivity contribution in [1.29, 1.82) is 0 Å². The van der Waals surface area contributed by atoms with E-state index in [9.17, 15) is 5.11 Å². The molecule has 1 atom stereocenters. The van der Waals surface area contributed by atoms with E-state index in [-0.39, 0.29) is 11.8 Å². The second kappa shape index (κ2) is 17.1. The summed E-state index contributed by atoms with van der Waals surface area (Å²) in [5.74, 6) is 0.290. The third-order valence-corrected chi connectivity index (χ3v) is 9.70. The van der Waals surface area contributed by atoms with Crippen LogP contribution >= 0.6 is 0 Å². The molecule has 0 spiro atoms. The minimum atomic E-state index is -0.526. The van der Waals surface area contributed by atoms with E-state index in [0.29, 0.717) is 0 Å². The Morgan fingerprint density at radius 1 is 0.640 bits per heavy atom. The van der Waals surface area contributed by atoms with Crippen LogP contribution in [0.3, 0.4) is 0 Å². The summed E-state index contributed by atoms with van der Waals surface area (Å²) >= 11 is 0. The number of hydrogen-bond donors (Lipinski definition) is 1. The number of phenols is 1. The Balaban J connectivity index is 0.00000212. The van der Waals surface area contributed by atoms with E-state index in [1.54, 1.807) is 12.1 Å². The molecule has 7 rings (SSSR count). The number of hydrogen-bond acceptors (Lipinski definition) is 5. The van der Waals surface area contributed by atoms with Crippen LogP contribution < -0.4 is 0 Å². The Bertz CT molecular complexity index is 1740. The number of aromatic hydroxyl groups is 1. The van der Waals surface area contributed by atoms with Gasteiger partial charge in [-0.2, -0.15) is 0 Å². The van der Waals surface area contributed by atoms with Crippen LogP contribution in [0.1, 0.15) is 66.4 Å². The molecule has 6 aromatic rings. The van der Waals surface area contributed by atoms with Gasteiger partial charge in [0, 0.05) is 38.6 Å². The minimum Gasteiger partial charge on any atom is -0.508 e. The summed E-state index contributed by atoms with van der Waals surface area (Å²) in [4.78, 5) is 14.8. The molecule has 6 nitrogen and oxygen atoms in total. The molecule has 0 saturated carbocycles. The molecule has 0 bridgehead atoms. The van der Waals surface area contributed by atoms with Crippen molar-refractivity contribution in [1.82, 2.24) is 24.3 Å². The lowest BCUT2D eigenvalue weighted by atomic mass is 9.77. The van der Waals surface area contributed by atoms with Crippen molar-refractivity contribution in [3.8, 4) is 5.75 Å². The van der Waals surface area contributed by atoms with E-state index in [1.807, 2.05) is 44.6 Å². The Morgan fingerprint density at radius 2 is 1.20 bits per heavy atom. The van der Waals surface area contributed by atoms with Gasteiger partial charge in [0.25, 0.3) is 0 Å². The average Bonchev–Trinajstić information content (AvgIpc) is 3.67. The highest BCUT2D eigenvalue weighted by atomic mass is 16.3. The maximum atomic E-state index is 9.87. The first kappa shape index (κ1) is 34.8. The number of phenolic OH excluding ortho intramolecular Hbond substituents is 1. The number of benzene rings is 4. The number of pyridine rings is 1. The van der Waals surface area contributed by atoms with Crippen LogP contribution in [-0.4, -0.2) is 62.2 Å². The lowest BCUT2D eigenvalue weighted by Crippen LogP contribution is -2.48. The van der Waals surface area contributed by atoms with Gasteiger partial charge in [-0.25, -0.2) is 4.98 Å². The third kappa shape index (κ3) is 7.72. The van der Waals surface area contributed by atoms with Crippen LogP contribution in [0.25, 0.3) is 0 Å². The predicted molar refractivity (Wildman–Crippen MR) is 203 cm³/mol. The average molecular weight is 664 g/mol. The largest absolute Gasteiger partial charge is 0.508 e. The fourth-order valence-electron chi connectivity index (χ4n) is 7.31. The Morgan fingerprint density at radius 3 is 1.74 bits per heavy atom. The monoisotopic (exact) mass is 663 g/mol. The molecule has 2 aromatic heterocycles. The lowest BCUT2D eigenvalue weighted by molar-refractivity contribution is 0.107. The van der Waals surface area contributed by atoms with Gasteiger partial charge >= 0.3 is 0 Å². The van der Waals surface area contributed by atoms with E-state index in [2.05, 4.69) is 124 Å². The summed E-state index contributed by atoms with van der Waals surface area (Å²) in [6.07, 6.45) is 9.32. The van der Waals surface area contributed by atoms with Crippen LogP contribution in [0.2, 0.25) is 0 Å². The topological polar surface area (TPSA) is 57.4 Å². The number of aromatic nitrogens is 3. The lowest BCUT2D eigenvalue weighted by Gasteiger charge is -2.39. The first-order chi connectivity index (χ1) is 24.7. The molecule has 1 aliphatic heterocycles. The van der Waals surface area contributed by atoms with Crippen molar-refractivity contribution in [3.63, 3.8) is 0 Å². The van der Waals surface area contributed by atoms with Gasteiger partial charge in [0.2, 0.25) is 0 Å². The van der Waals surface area contributed by atoms with Gasteiger partial charge in [0.05, 0.1) is 23.8 Å². The molecule has 1 N–H and O–H groups in total. The fourth-order valence-corrected chi connectivity index (χ4v) is 7.31. The highest BCUT2D eigenvalue weighted by Crippen LogP contribution is 2.41. The molecule has 6 heteroatoms. The van der Waals surface area contributed by atoms with Gasteiger partial charge < -0.3 is 14.6 Å². The number of aryl methyl sites for hydroxylation is 1. The predicted octanol–water partition coefficient (Wildman–Crippen LogP) is 8.58. The summed E-state index contributed by atoms with van der Waals surface area (Å²) in [6.45, 7) is 9.11. The molecule has 3 heterocycles. The van der Waals surface area contributed by atoms with Crippen LogP contribution in [-0.2, 0) is 12.0 Å². The van der Waals surface area contributed by atoms with E-state index in [0.717, 1.165) is 68.9 Å². The zero-order valence-electron chi connectivity index (χ0n) is 29.4. The number of unbranched alkanes of at least 4 members (excludes halogenated alkanes) is 1. The van der Waals surface area contributed by atoms with Crippen molar-refractivity contribution in [2.75, 3.05) is 32.7 Å². The summed E-state index contributed by atoms with van der Waals surface area (Å²) in [5.41, 5.74) is 6.44. The molecule has 1 aliphatic rings. The zero-order chi connectivity index (χ0) is 34.6. The summed E-state index contributed by atoms with van der Waals surface area (Å²) < 4.78 is 2.31. The first-order valence-corrected chi connectivity index (χ1v) is 18.1. The van der Waals surface area contributed by atoms with E-state index < -0.39 is 5.54 Å². The standard InChI is InChI=1S/C42H43N5O.C2H6/c48-39-24-22-34(23-25-39)41(40-21-10-12-26-43-40)46-30-28-45(29-31-46)27-13-11-20-38-32-47(33-44-38)42(35-14-4-1-5-15-35,36-16-6-2-7-17-36)37-18-8-3-9-19-37;1-2/h1-10,12,14-19,21-26,32-33,41,48H,11,13,20,27-31H2;1-2H3. The third-order valence-electron chi connectivity index (χ3n) is 9.70. The quantitative estimate of drug-likeness (QED) is 0.105. The van der Waals surface area contributed by atoms with Gasteiger partial charge in [-0.05, 0) is 72.3 Å². The smallest absolute Gasteiger partial charge is 0.121 e. The first-order valence-electron chi connectivity index (χ1n) is 18.1. The molecule has 1 fully saturated rings. The van der Waals surface area contributed by atoms with Crippen LogP contribution in [0.5, 0.6) is 5.75 Å². The van der Waals surface area contributed by atoms with Gasteiger partial charge in [0.1, 0.15) is 11.3 Å². The highest BCUT2D eigenvalue weighted by molar-refractivity contribution is 5.50. The maximum absolute atomic E-state index is 9.87. The summed E-state index contributed by atoms with van der Waals surface area (Å²) in [7, 11) is 0. The van der Waals surface area contributed by atoms with Crippen molar-refractivity contribution in [2.24, 2.45) is 0 Å². The van der Waals surface area contributed by atoms with Crippen LogP contribution in [0, 0.1) is 0 Å². The molecule has 0 amide bonds. The molecule has 4 aromatic carbocycles. The summed E-state index contributed by atoms with van der Waals surface area (Å²) in [5, 5.41) is 9.87. The van der Waals surface area contributed by atoms with Crippen molar-refractivity contribution in [3.05, 3.63) is 186 Å². The second-order valence-corrected chi connectivity index (χ2v) is 12.7. The number of imidazole rings is 1. The highest BCUT2D eigenvalue weighted by Gasteiger charge is 2.38. The Kier molecular flexibility index (Phi) is 11.9. The van der Waals surface area contributed by atoms with E-state index >= 15 is 0 Å². The van der Waals surface area contributed by atoms with E-state index in [4.69, 9.17) is 9.97 Å². The van der Waals surface area contributed by atoms with Gasteiger partial charge in [-0.3, -0.25) is 9.88 Å². The molecular weight excluding hydrogens is 615 g/mol. The molecule has 0 radical (unpaired) electrons. The van der Waals surface area contributed by atoms with Crippen molar-refractivity contribution >= 4 is 0 Å². The van der Waals surface area contributed by atoms with Crippen molar-refractivity contribution in [2.45, 2.75) is 44.7 Å². The Labute approximate surface area is 297 Å². The van der Waals surface area contributed by atoms with Crippen LogP contribution in [0.15, 0.2) is 152 Å². The zero-order valence-corrected chi connectivity index (χ0v) is 29.4. The molecule has 1 saturated heterocycles. The number of rotatable bonds is 12. The molecule has 1 unspecified atom stereocenters. The van der Waals surface area contributed by atoms with Crippen LogP contribution in [0.4, 0.5) is 0 Å². The van der Waals surface area contributed by atoms with Gasteiger partial charge in [-0.15, -0.1) is 0 Å². The van der Waals surface area contributed by atoms with Gasteiger partial charge in [0.15, 0.2) is 0 Å². The second-order valence-electron chi connectivity index (χ2n) is 12.7. The molecular formula is C44H49N5O. The van der Waals surface area contributed by atoms with Gasteiger partial charge in [-0.1, -0.05) is 123 Å². The normalized spacial score (nSPS) is 14.4. The molecule has 50 heavy (non-hydrogen) atoms. The summed E-state index contributed by atoms with van der Waals surface area (Å²) in [6, 6.07) is 46.1. The number of piperazine rings is 1. The SMILES string of the molecule is CC.Oc1ccc(C(c2ccccn2)N2CCN(CCCCc3cn(C(c4ccccc4)(c4ccccc4)c4ccccc4)cn3)CC2)cc1. The van der Waals surface area contributed by atoms with E-state index in [1.165, 1.54) is 16.7 Å². The minimum absolute atomic E-state index is 0.0823. The number of nitrogens with zero attached hydrogens (tertiary/aromatic N) is 5. The molecule has 256 valence electrons. The Hall–Kier alpha value is -5.04. The van der Waals surface area contributed by atoms with Crippen molar-refractivity contribution < 1.29 is 5.11 Å². The molecule has 0 aliphatic carbocycles.